The fourth-order valence-electron chi connectivity index (χ4n) is 2.35. The summed E-state index contributed by atoms with van der Waals surface area (Å²) in [6, 6.07) is 0. The molecule has 1 rings (SSSR count). The summed E-state index contributed by atoms with van der Waals surface area (Å²) in [5.41, 5.74) is 5.72. The number of hydrogen-bond acceptors (Lipinski definition) is 2. The lowest BCUT2D eigenvalue weighted by molar-refractivity contribution is 0.175. The van der Waals surface area contributed by atoms with E-state index in [9.17, 15) is 0 Å². The first kappa shape index (κ1) is 12.7. The third kappa shape index (κ3) is 5.33. The molecule has 1 heterocycles. The van der Waals surface area contributed by atoms with Gasteiger partial charge in [-0.15, -0.1) is 6.58 Å². The molecule has 1 fully saturated rings. The molecule has 0 aromatic carbocycles. The summed E-state index contributed by atoms with van der Waals surface area (Å²) in [6.45, 7) is 8.41. The number of likely N-dealkylation sites (tertiary alicyclic amines) is 1. The van der Waals surface area contributed by atoms with E-state index in [-0.39, 0.29) is 0 Å². The van der Waals surface area contributed by atoms with Crippen LogP contribution < -0.4 is 5.73 Å². The predicted molar refractivity (Wildman–Crippen MR) is 66.9 cm³/mol. The van der Waals surface area contributed by atoms with Crippen LogP contribution in [0.3, 0.4) is 0 Å². The van der Waals surface area contributed by atoms with Crippen molar-refractivity contribution in [2.75, 3.05) is 26.2 Å². The highest BCUT2D eigenvalue weighted by Gasteiger charge is 2.17. The van der Waals surface area contributed by atoms with E-state index in [0.717, 1.165) is 12.5 Å². The zero-order valence-electron chi connectivity index (χ0n) is 9.96. The lowest BCUT2D eigenvalue weighted by Crippen LogP contribution is -2.38. The Morgan fingerprint density at radius 2 is 2.20 bits per heavy atom. The zero-order valence-corrected chi connectivity index (χ0v) is 9.96. The fourth-order valence-corrected chi connectivity index (χ4v) is 2.35. The van der Waals surface area contributed by atoms with E-state index in [1.54, 1.807) is 0 Å². The molecule has 2 N–H and O–H groups in total. The SMILES string of the molecule is C=CCCCCCN1CCCC(CN)C1. The van der Waals surface area contributed by atoms with Crippen LogP contribution in [-0.4, -0.2) is 31.1 Å². The lowest BCUT2D eigenvalue weighted by atomic mass is 9.98. The van der Waals surface area contributed by atoms with Crippen LogP contribution in [0.25, 0.3) is 0 Å². The third-order valence-corrected chi connectivity index (χ3v) is 3.32. The Bertz CT molecular complexity index is 168. The quantitative estimate of drug-likeness (QED) is 0.516. The molecule has 2 nitrogen and oxygen atoms in total. The molecule has 1 atom stereocenters. The van der Waals surface area contributed by atoms with Crippen molar-refractivity contribution in [2.24, 2.45) is 11.7 Å². The van der Waals surface area contributed by atoms with E-state index in [1.807, 2.05) is 6.08 Å². The van der Waals surface area contributed by atoms with Gasteiger partial charge in [0.15, 0.2) is 0 Å². The Labute approximate surface area is 94.5 Å². The average molecular weight is 210 g/mol. The Balaban J connectivity index is 2.02. The summed E-state index contributed by atoms with van der Waals surface area (Å²) in [6.07, 6.45) is 9.85. The van der Waals surface area contributed by atoms with Crippen molar-refractivity contribution < 1.29 is 0 Å². The van der Waals surface area contributed by atoms with E-state index in [0.29, 0.717) is 0 Å². The second-order valence-electron chi connectivity index (χ2n) is 4.68. The maximum Gasteiger partial charge on any atom is 0.00217 e. The molecule has 0 aromatic rings. The number of piperidine rings is 1. The van der Waals surface area contributed by atoms with Crippen LogP contribution in [0.4, 0.5) is 0 Å². The number of nitrogens with zero attached hydrogens (tertiary/aromatic N) is 1. The van der Waals surface area contributed by atoms with Crippen molar-refractivity contribution >= 4 is 0 Å². The summed E-state index contributed by atoms with van der Waals surface area (Å²) >= 11 is 0. The van der Waals surface area contributed by atoms with Gasteiger partial charge in [0.1, 0.15) is 0 Å². The summed E-state index contributed by atoms with van der Waals surface area (Å²) in [5.74, 6) is 0.756. The van der Waals surface area contributed by atoms with Gasteiger partial charge < -0.3 is 10.6 Å². The monoisotopic (exact) mass is 210 g/mol. The van der Waals surface area contributed by atoms with Crippen molar-refractivity contribution in [1.82, 2.24) is 4.90 Å². The molecule has 15 heavy (non-hydrogen) atoms. The number of unbranched alkanes of at least 4 members (excludes halogenated alkanes) is 3. The minimum absolute atomic E-state index is 0.756. The minimum atomic E-state index is 0.756. The van der Waals surface area contributed by atoms with Crippen molar-refractivity contribution in [3.05, 3.63) is 12.7 Å². The maximum absolute atomic E-state index is 5.72. The number of hydrogen-bond donors (Lipinski definition) is 1. The topological polar surface area (TPSA) is 29.3 Å². The van der Waals surface area contributed by atoms with Gasteiger partial charge in [-0.2, -0.15) is 0 Å². The molecule has 1 saturated heterocycles. The molecule has 1 aliphatic heterocycles. The Hall–Kier alpha value is -0.340. The van der Waals surface area contributed by atoms with Crippen LogP contribution in [0, 0.1) is 5.92 Å². The highest BCUT2D eigenvalue weighted by molar-refractivity contribution is 4.73. The molecule has 0 spiro atoms. The van der Waals surface area contributed by atoms with Crippen LogP contribution in [0.15, 0.2) is 12.7 Å². The molecular formula is C13H26N2. The van der Waals surface area contributed by atoms with Gasteiger partial charge in [-0.25, -0.2) is 0 Å². The largest absolute Gasteiger partial charge is 0.330 e. The Kier molecular flexibility index (Phi) is 6.69. The second-order valence-corrected chi connectivity index (χ2v) is 4.68. The van der Waals surface area contributed by atoms with E-state index in [4.69, 9.17) is 5.73 Å². The van der Waals surface area contributed by atoms with E-state index < -0.39 is 0 Å². The third-order valence-electron chi connectivity index (χ3n) is 3.32. The number of allylic oxidation sites excluding steroid dienone is 1. The van der Waals surface area contributed by atoms with Crippen LogP contribution in [0.5, 0.6) is 0 Å². The Morgan fingerprint density at radius 3 is 2.93 bits per heavy atom. The Morgan fingerprint density at radius 1 is 1.33 bits per heavy atom. The van der Waals surface area contributed by atoms with Gasteiger partial charge in [-0.1, -0.05) is 12.5 Å². The van der Waals surface area contributed by atoms with Crippen LogP contribution in [0.1, 0.15) is 38.5 Å². The summed E-state index contributed by atoms with van der Waals surface area (Å²) in [5, 5.41) is 0. The standard InChI is InChI=1S/C13H26N2/c1-2-3-4-5-6-9-15-10-7-8-13(11-14)12-15/h2,13H,1,3-12,14H2. The fraction of sp³-hybridized carbons (Fsp3) is 0.846. The van der Waals surface area contributed by atoms with Crippen molar-refractivity contribution in [1.29, 1.82) is 0 Å². The van der Waals surface area contributed by atoms with E-state index in [1.165, 1.54) is 58.2 Å². The summed E-state index contributed by atoms with van der Waals surface area (Å²) < 4.78 is 0. The van der Waals surface area contributed by atoms with Crippen LogP contribution >= 0.6 is 0 Å². The van der Waals surface area contributed by atoms with Crippen molar-refractivity contribution in [2.45, 2.75) is 38.5 Å². The van der Waals surface area contributed by atoms with Gasteiger partial charge in [-0.3, -0.25) is 0 Å². The number of rotatable bonds is 7. The molecule has 0 aliphatic carbocycles. The molecule has 0 aromatic heterocycles. The molecule has 2 heteroatoms. The van der Waals surface area contributed by atoms with Gasteiger partial charge in [0, 0.05) is 6.54 Å². The molecule has 0 saturated carbocycles. The first-order valence-electron chi connectivity index (χ1n) is 6.40. The molecule has 1 aliphatic rings. The maximum atomic E-state index is 5.72. The first-order valence-corrected chi connectivity index (χ1v) is 6.40. The number of nitrogens with two attached hydrogens (primary N) is 1. The molecular weight excluding hydrogens is 184 g/mol. The molecule has 0 bridgehead atoms. The predicted octanol–water partition coefficient (Wildman–Crippen LogP) is 2.40. The van der Waals surface area contributed by atoms with Gasteiger partial charge in [-0.05, 0) is 57.7 Å². The van der Waals surface area contributed by atoms with Gasteiger partial charge in [0.25, 0.3) is 0 Å². The highest BCUT2D eigenvalue weighted by atomic mass is 15.1. The van der Waals surface area contributed by atoms with Crippen molar-refractivity contribution in [3.8, 4) is 0 Å². The average Bonchev–Trinajstić information content (AvgIpc) is 2.29. The van der Waals surface area contributed by atoms with Crippen molar-refractivity contribution in [3.63, 3.8) is 0 Å². The molecule has 0 amide bonds. The van der Waals surface area contributed by atoms with Gasteiger partial charge in [0.05, 0.1) is 0 Å². The molecule has 88 valence electrons. The normalized spacial score (nSPS) is 22.9. The van der Waals surface area contributed by atoms with Crippen LogP contribution in [0.2, 0.25) is 0 Å². The van der Waals surface area contributed by atoms with Crippen LogP contribution in [-0.2, 0) is 0 Å². The van der Waals surface area contributed by atoms with Gasteiger partial charge in [0.2, 0.25) is 0 Å². The summed E-state index contributed by atoms with van der Waals surface area (Å²) in [4.78, 5) is 2.59. The highest BCUT2D eigenvalue weighted by Crippen LogP contribution is 2.15. The lowest BCUT2D eigenvalue weighted by Gasteiger charge is -2.32. The summed E-state index contributed by atoms with van der Waals surface area (Å²) in [7, 11) is 0. The first-order chi connectivity index (χ1) is 7.36. The minimum Gasteiger partial charge on any atom is -0.330 e. The zero-order chi connectivity index (χ0) is 10.9. The molecule has 1 unspecified atom stereocenters. The van der Waals surface area contributed by atoms with E-state index >= 15 is 0 Å². The van der Waals surface area contributed by atoms with Gasteiger partial charge >= 0.3 is 0 Å². The molecule has 0 radical (unpaired) electrons. The second kappa shape index (κ2) is 7.89. The smallest absolute Gasteiger partial charge is 0.00217 e. The van der Waals surface area contributed by atoms with E-state index in [2.05, 4.69) is 11.5 Å².